The van der Waals surface area contributed by atoms with Gasteiger partial charge in [-0.3, -0.25) is 10.1 Å². The lowest BCUT2D eigenvalue weighted by molar-refractivity contribution is -0.122. The lowest BCUT2D eigenvalue weighted by Gasteiger charge is -2.21. The van der Waals surface area contributed by atoms with Crippen molar-refractivity contribution in [2.75, 3.05) is 6.54 Å². The molecule has 0 aliphatic carbocycles. The van der Waals surface area contributed by atoms with Gasteiger partial charge in [0, 0.05) is 17.5 Å². The van der Waals surface area contributed by atoms with Crippen LogP contribution in [-0.2, 0) is 4.79 Å². The predicted octanol–water partition coefficient (Wildman–Crippen LogP) is 3.48. The van der Waals surface area contributed by atoms with Crippen LogP contribution >= 0.6 is 11.3 Å². The molecule has 0 aromatic carbocycles. The summed E-state index contributed by atoms with van der Waals surface area (Å²) in [5.74, 6) is 0.103. The van der Waals surface area contributed by atoms with E-state index in [0.29, 0.717) is 0 Å². The molecule has 1 aromatic rings. The summed E-state index contributed by atoms with van der Waals surface area (Å²) >= 11 is 1.74. The van der Waals surface area contributed by atoms with E-state index in [1.54, 1.807) is 11.3 Å². The molecule has 0 aliphatic rings. The molecule has 0 aliphatic heterocycles. The molecule has 0 radical (unpaired) electrons. The fraction of sp³-hybridized carbons (Fsp3) is 0.667. The van der Waals surface area contributed by atoms with Crippen LogP contribution in [0.1, 0.15) is 57.4 Å². The van der Waals surface area contributed by atoms with Crippen LogP contribution in [0.4, 0.5) is 0 Å². The van der Waals surface area contributed by atoms with Gasteiger partial charge in [-0.2, -0.15) is 0 Å². The first-order chi connectivity index (χ1) is 9.19. The maximum absolute atomic E-state index is 12.0. The average molecular weight is 282 g/mol. The van der Waals surface area contributed by atoms with Gasteiger partial charge < -0.3 is 5.32 Å². The largest absolute Gasteiger partial charge is 0.355 e. The van der Waals surface area contributed by atoms with E-state index >= 15 is 0 Å². The van der Waals surface area contributed by atoms with Crippen molar-refractivity contribution in [1.29, 1.82) is 0 Å². The molecule has 2 unspecified atom stereocenters. The number of unbranched alkanes of at least 4 members (excludes halogenated alkanes) is 2. The topological polar surface area (TPSA) is 41.1 Å². The highest BCUT2D eigenvalue weighted by atomic mass is 32.1. The number of carbonyl (C=O) groups is 1. The maximum Gasteiger partial charge on any atom is 0.236 e. The van der Waals surface area contributed by atoms with E-state index in [0.717, 1.165) is 19.4 Å². The first-order valence-corrected chi connectivity index (χ1v) is 8.14. The molecule has 2 atom stereocenters. The Balaban J connectivity index is 2.35. The average Bonchev–Trinajstić information content (AvgIpc) is 2.94. The Bertz CT molecular complexity index is 351. The van der Waals surface area contributed by atoms with E-state index in [4.69, 9.17) is 0 Å². The van der Waals surface area contributed by atoms with E-state index in [1.807, 2.05) is 6.92 Å². The minimum absolute atomic E-state index is 0.103. The zero-order valence-corrected chi connectivity index (χ0v) is 13.1. The van der Waals surface area contributed by atoms with Crippen LogP contribution in [0.5, 0.6) is 0 Å². The van der Waals surface area contributed by atoms with Crippen LogP contribution in [0.2, 0.25) is 0 Å². The van der Waals surface area contributed by atoms with Crippen LogP contribution in [-0.4, -0.2) is 18.5 Å². The first kappa shape index (κ1) is 16.2. The highest BCUT2D eigenvalue weighted by Crippen LogP contribution is 2.22. The van der Waals surface area contributed by atoms with Gasteiger partial charge >= 0.3 is 0 Å². The Morgan fingerprint density at radius 3 is 2.74 bits per heavy atom. The fourth-order valence-electron chi connectivity index (χ4n) is 2.01. The van der Waals surface area contributed by atoms with Gasteiger partial charge in [0.25, 0.3) is 0 Å². The van der Waals surface area contributed by atoms with Crippen molar-refractivity contribution in [3.05, 3.63) is 22.4 Å². The van der Waals surface area contributed by atoms with E-state index < -0.39 is 0 Å². The molecule has 1 heterocycles. The smallest absolute Gasteiger partial charge is 0.236 e. The third-order valence-electron chi connectivity index (χ3n) is 3.22. The Morgan fingerprint density at radius 2 is 2.16 bits per heavy atom. The van der Waals surface area contributed by atoms with Crippen molar-refractivity contribution < 1.29 is 4.79 Å². The monoisotopic (exact) mass is 282 g/mol. The molecular formula is C15H26N2OS. The van der Waals surface area contributed by atoms with Gasteiger partial charge in [0.1, 0.15) is 0 Å². The van der Waals surface area contributed by atoms with E-state index in [1.165, 1.54) is 17.7 Å². The van der Waals surface area contributed by atoms with Crippen molar-refractivity contribution in [3.63, 3.8) is 0 Å². The van der Waals surface area contributed by atoms with E-state index in [2.05, 4.69) is 42.0 Å². The molecule has 1 aromatic heterocycles. The number of thiophene rings is 1. The Labute approximate surface area is 120 Å². The normalized spacial score (nSPS) is 14.1. The molecule has 0 spiro atoms. The summed E-state index contributed by atoms with van der Waals surface area (Å²) in [7, 11) is 0. The second-order valence-electron chi connectivity index (χ2n) is 4.86. The van der Waals surface area contributed by atoms with Crippen molar-refractivity contribution in [1.82, 2.24) is 10.6 Å². The number of hydrogen-bond acceptors (Lipinski definition) is 3. The Hall–Kier alpha value is -0.870. The maximum atomic E-state index is 12.0. The second-order valence-corrected chi connectivity index (χ2v) is 5.84. The van der Waals surface area contributed by atoms with Crippen LogP contribution in [0.25, 0.3) is 0 Å². The van der Waals surface area contributed by atoms with Gasteiger partial charge in [0.05, 0.1) is 6.04 Å². The minimum Gasteiger partial charge on any atom is -0.355 e. The molecule has 1 amide bonds. The van der Waals surface area contributed by atoms with Gasteiger partial charge in [-0.1, -0.05) is 32.8 Å². The second kappa shape index (κ2) is 9.10. The molecule has 1 rings (SSSR count). The molecule has 0 saturated carbocycles. The van der Waals surface area contributed by atoms with Gasteiger partial charge in [-0.05, 0) is 31.2 Å². The lowest BCUT2D eigenvalue weighted by Crippen LogP contribution is -2.43. The first-order valence-electron chi connectivity index (χ1n) is 7.26. The van der Waals surface area contributed by atoms with Crippen LogP contribution in [0, 0.1) is 0 Å². The molecule has 0 fully saturated rings. The van der Waals surface area contributed by atoms with Gasteiger partial charge in [-0.25, -0.2) is 0 Å². The summed E-state index contributed by atoms with van der Waals surface area (Å²) < 4.78 is 0. The fourth-order valence-corrected chi connectivity index (χ4v) is 2.88. The third-order valence-corrected chi connectivity index (χ3v) is 4.20. The van der Waals surface area contributed by atoms with Crippen LogP contribution in [0.3, 0.4) is 0 Å². The molecule has 0 bridgehead atoms. The highest BCUT2D eigenvalue weighted by molar-refractivity contribution is 7.10. The van der Waals surface area contributed by atoms with Gasteiger partial charge in [0.2, 0.25) is 5.91 Å². The molecule has 0 saturated heterocycles. The molecule has 108 valence electrons. The summed E-state index contributed by atoms with van der Waals surface area (Å²) in [4.78, 5) is 13.3. The number of amides is 1. The number of hydrogen-bond donors (Lipinski definition) is 2. The standard InChI is InChI=1S/C15H26N2OS/c1-4-6-7-10-16-15(18)12(3)17-13(5-2)14-9-8-11-19-14/h8-9,11-13,17H,4-7,10H2,1-3H3,(H,16,18). The summed E-state index contributed by atoms with van der Waals surface area (Å²) in [6, 6.07) is 4.31. The lowest BCUT2D eigenvalue weighted by atomic mass is 10.1. The summed E-state index contributed by atoms with van der Waals surface area (Å²) in [6.45, 7) is 7.03. The highest BCUT2D eigenvalue weighted by Gasteiger charge is 2.18. The Kier molecular flexibility index (Phi) is 7.75. The van der Waals surface area contributed by atoms with Gasteiger partial charge in [0.15, 0.2) is 0 Å². The summed E-state index contributed by atoms with van der Waals surface area (Å²) in [5.41, 5.74) is 0. The summed E-state index contributed by atoms with van der Waals surface area (Å²) in [5, 5.41) is 8.48. The van der Waals surface area contributed by atoms with Crippen molar-refractivity contribution in [2.45, 2.75) is 58.5 Å². The molecule has 2 N–H and O–H groups in total. The molecule has 4 heteroatoms. The summed E-state index contributed by atoms with van der Waals surface area (Å²) in [6.07, 6.45) is 4.42. The molecular weight excluding hydrogens is 256 g/mol. The molecule has 3 nitrogen and oxygen atoms in total. The minimum atomic E-state index is -0.145. The van der Waals surface area contributed by atoms with Crippen molar-refractivity contribution in [3.8, 4) is 0 Å². The van der Waals surface area contributed by atoms with Crippen molar-refractivity contribution in [2.24, 2.45) is 0 Å². The van der Waals surface area contributed by atoms with Crippen LogP contribution in [0.15, 0.2) is 17.5 Å². The predicted molar refractivity (Wildman–Crippen MR) is 82.5 cm³/mol. The van der Waals surface area contributed by atoms with Gasteiger partial charge in [-0.15, -0.1) is 11.3 Å². The quantitative estimate of drug-likeness (QED) is 0.681. The van der Waals surface area contributed by atoms with E-state index in [9.17, 15) is 4.79 Å². The molecule has 19 heavy (non-hydrogen) atoms. The number of carbonyl (C=O) groups excluding carboxylic acids is 1. The zero-order valence-electron chi connectivity index (χ0n) is 12.2. The SMILES string of the molecule is CCCCCNC(=O)C(C)NC(CC)c1cccs1. The van der Waals surface area contributed by atoms with Crippen molar-refractivity contribution >= 4 is 17.2 Å². The third kappa shape index (κ3) is 5.74. The van der Waals surface area contributed by atoms with Crippen LogP contribution < -0.4 is 10.6 Å². The number of rotatable bonds is 9. The zero-order chi connectivity index (χ0) is 14.1. The Morgan fingerprint density at radius 1 is 1.37 bits per heavy atom. The number of nitrogens with one attached hydrogen (secondary N) is 2. The van der Waals surface area contributed by atoms with E-state index in [-0.39, 0.29) is 18.0 Å².